The normalized spacial score (nSPS) is 10.3. The zero-order chi connectivity index (χ0) is 17.6. The second-order valence-corrected chi connectivity index (χ2v) is 5.62. The van der Waals surface area contributed by atoms with Gasteiger partial charge in [0.25, 0.3) is 0 Å². The number of aromatic nitrogens is 1. The molecular weight excluding hydrogens is 315 g/mol. The van der Waals surface area contributed by atoms with Gasteiger partial charge in [-0.3, -0.25) is 0 Å². The zero-order valence-corrected chi connectivity index (χ0v) is 13.9. The Morgan fingerprint density at radius 2 is 1.88 bits per heavy atom. The van der Waals surface area contributed by atoms with Crippen LogP contribution in [0, 0.1) is 17.1 Å². The molecule has 0 N–H and O–H groups in total. The molecule has 0 radical (unpaired) electrons. The van der Waals surface area contributed by atoms with E-state index in [9.17, 15) is 4.39 Å². The summed E-state index contributed by atoms with van der Waals surface area (Å²) >= 11 is 0. The van der Waals surface area contributed by atoms with Crippen LogP contribution in [0.25, 0.3) is 11.3 Å². The van der Waals surface area contributed by atoms with Crippen molar-refractivity contribution in [2.24, 2.45) is 0 Å². The Labute approximate surface area is 146 Å². The van der Waals surface area contributed by atoms with E-state index >= 15 is 0 Å². The maximum absolute atomic E-state index is 13.9. The number of hydrogen-bond donors (Lipinski definition) is 0. The molecule has 0 unspecified atom stereocenters. The van der Waals surface area contributed by atoms with E-state index in [-0.39, 0.29) is 12.2 Å². The molecule has 0 atom stereocenters. The molecule has 25 heavy (non-hydrogen) atoms. The van der Waals surface area contributed by atoms with Gasteiger partial charge in [-0.2, -0.15) is 5.26 Å². The topological polar surface area (TPSA) is 45.9 Å². The zero-order valence-electron chi connectivity index (χ0n) is 13.9. The minimum atomic E-state index is -0.453. The molecule has 0 bridgehead atoms. The lowest BCUT2D eigenvalue weighted by atomic mass is 10.1. The summed E-state index contributed by atoms with van der Waals surface area (Å²) in [6, 6.07) is 20.0. The molecule has 0 aliphatic rings. The van der Waals surface area contributed by atoms with Gasteiger partial charge in [-0.1, -0.05) is 43.3 Å². The number of pyridine rings is 1. The number of halogens is 1. The highest BCUT2D eigenvalue weighted by molar-refractivity contribution is 5.59. The molecule has 3 aromatic rings. The minimum absolute atomic E-state index is 0.0583. The van der Waals surface area contributed by atoms with Gasteiger partial charge in [0.1, 0.15) is 12.4 Å². The molecule has 1 heterocycles. The fourth-order valence-electron chi connectivity index (χ4n) is 2.45. The molecule has 3 nitrogen and oxygen atoms in total. The molecule has 1 aromatic heterocycles. The van der Waals surface area contributed by atoms with Crippen LogP contribution < -0.4 is 4.74 Å². The molecule has 0 amide bonds. The van der Waals surface area contributed by atoms with Crippen LogP contribution >= 0.6 is 0 Å². The number of nitriles is 1. The van der Waals surface area contributed by atoms with Gasteiger partial charge in [-0.25, -0.2) is 9.37 Å². The van der Waals surface area contributed by atoms with Crippen molar-refractivity contribution in [3.8, 4) is 23.2 Å². The molecule has 0 aliphatic carbocycles. The molecule has 0 spiro atoms. The quantitative estimate of drug-likeness (QED) is 0.667. The summed E-state index contributed by atoms with van der Waals surface area (Å²) in [6.45, 7) is 2.17. The molecule has 0 saturated carbocycles. The van der Waals surface area contributed by atoms with Gasteiger partial charge >= 0.3 is 0 Å². The molecular formula is C21H17FN2O. The van der Waals surface area contributed by atoms with Crippen molar-refractivity contribution in [3.05, 3.63) is 83.2 Å². The first-order valence-electron chi connectivity index (χ1n) is 8.07. The first kappa shape index (κ1) is 16.7. The number of ether oxygens (including phenoxy) is 1. The molecule has 2 aromatic carbocycles. The lowest BCUT2D eigenvalue weighted by molar-refractivity contribution is 0.288. The van der Waals surface area contributed by atoms with E-state index in [0.29, 0.717) is 11.4 Å². The first-order chi connectivity index (χ1) is 12.2. The maximum atomic E-state index is 13.9. The van der Waals surface area contributed by atoms with Crippen molar-refractivity contribution in [2.45, 2.75) is 20.0 Å². The van der Waals surface area contributed by atoms with E-state index in [2.05, 4.69) is 24.0 Å². The Morgan fingerprint density at radius 3 is 2.56 bits per heavy atom. The lowest BCUT2D eigenvalue weighted by Gasteiger charge is -2.08. The van der Waals surface area contributed by atoms with Crippen molar-refractivity contribution < 1.29 is 9.13 Å². The largest absolute Gasteiger partial charge is 0.473 e. The van der Waals surface area contributed by atoms with Crippen molar-refractivity contribution in [1.82, 2.24) is 4.98 Å². The Hall–Kier alpha value is -3.19. The third kappa shape index (κ3) is 4.02. The summed E-state index contributed by atoms with van der Waals surface area (Å²) in [7, 11) is 0. The van der Waals surface area contributed by atoms with Crippen molar-refractivity contribution in [1.29, 1.82) is 5.26 Å². The molecule has 0 saturated heterocycles. The highest BCUT2D eigenvalue weighted by Crippen LogP contribution is 2.21. The number of aryl methyl sites for hydroxylation is 1. The summed E-state index contributed by atoms with van der Waals surface area (Å²) in [4.78, 5) is 4.48. The summed E-state index contributed by atoms with van der Waals surface area (Å²) in [5, 5.41) is 8.77. The summed E-state index contributed by atoms with van der Waals surface area (Å²) in [6.07, 6.45) is 0.993. The Morgan fingerprint density at radius 1 is 1.08 bits per heavy atom. The minimum Gasteiger partial charge on any atom is -0.473 e. The Balaban J connectivity index is 1.74. The van der Waals surface area contributed by atoms with Gasteiger partial charge in [0.2, 0.25) is 5.88 Å². The second-order valence-electron chi connectivity index (χ2n) is 5.62. The predicted octanol–water partition coefficient (Wildman–Crippen LogP) is 4.90. The van der Waals surface area contributed by atoms with Crippen LogP contribution in [0.3, 0.4) is 0 Å². The van der Waals surface area contributed by atoms with Crippen LogP contribution in [0.15, 0.2) is 60.7 Å². The first-order valence-corrected chi connectivity index (χ1v) is 8.07. The van der Waals surface area contributed by atoms with Crippen LogP contribution in [0.4, 0.5) is 4.39 Å². The Bertz CT molecular complexity index is 914. The number of rotatable bonds is 5. The van der Waals surface area contributed by atoms with Crippen LogP contribution in [0.1, 0.15) is 23.6 Å². The highest BCUT2D eigenvalue weighted by Gasteiger charge is 2.06. The second kappa shape index (κ2) is 7.59. The standard InChI is InChI=1S/C21H17FN2O/c1-2-15-6-9-17(10-7-15)20-4-3-5-21(24-20)25-14-18-11-8-16(13-23)12-19(18)22/h3-12H,2,14H2,1H3. The van der Waals surface area contributed by atoms with E-state index in [4.69, 9.17) is 10.00 Å². The van der Waals surface area contributed by atoms with Gasteiger partial charge in [0.15, 0.2) is 0 Å². The van der Waals surface area contributed by atoms with Crippen LogP contribution in [0.2, 0.25) is 0 Å². The smallest absolute Gasteiger partial charge is 0.214 e. The van der Waals surface area contributed by atoms with E-state index in [1.165, 1.54) is 11.6 Å². The maximum Gasteiger partial charge on any atom is 0.214 e. The van der Waals surface area contributed by atoms with Gasteiger partial charge in [-0.15, -0.1) is 0 Å². The van der Waals surface area contributed by atoms with Crippen LogP contribution in [-0.4, -0.2) is 4.98 Å². The Kier molecular flexibility index (Phi) is 5.06. The van der Waals surface area contributed by atoms with E-state index in [1.54, 1.807) is 18.2 Å². The third-order valence-corrected chi connectivity index (χ3v) is 3.94. The van der Waals surface area contributed by atoms with E-state index < -0.39 is 5.82 Å². The van der Waals surface area contributed by atoms with Crippen molar-refractivity contribution >= 4 is 0 Å². The number of hydrogen-bond acceptors (Lipinski definition) is 3. The molecule has 4 heteroatoms. The number of benzene rings is 2. The van der Waals surface area contributed by atoms with Gasteiger partial charge in [0, 0.05) is 17.2 Å². The average Bonchev–Trinajstić information content (AvgIpc) is 2.67. The average molecular weight is 332 g/mol. The van der Waals surface area contributed by atoms with Crippen molar-refractivity contribution in [3.63, 3.8) is 0 Å². The van der Waals surface area contributed by atoms with E-state index in [1.807, 2.05) is 30.3 Å². The fourth-order valence-corrected chi connectivity index (χ4v) is 2.45. The summed E-state index contributed by atoms with van der Waals surface area (Å²) in [5.41, 5.74) is 3.76. The molecule has 3 rings (SSSR count). The fraction of sp³-hybridized carbons (Fsp3) is 0.143. The summed E-state index contributed by atoms with van der Waals surface area (Å²) < 4.78 is 19.5. The van der Waals surface area contributed by atoms with E-state index in [0.717, 1.165) is 17.7 Å². The molecule has 0 aliphatic heterocycles. The highest BCUT2D eigenvalue weighted by atomic mass is 19.1. The molecule has 0 fully saturated rings. The van der Waals surface area contributed by atoms with Crippen LogP contribution in [-0.2, 0) is 13.0 Å². The van der Waals surface area contributed by atoms with Gasteiger partial charge in [-0.05, 0) is 30.2 Å². The predicted molar refractivity (Wildman–Crippen MR) is 94.5 cm³/mol. The van der Waals surface area contributed by atoms with Gasteiger partial charge < -0.3 is 4.74 Å². The monoisotopic (exact) mass is 332 g/mol. The lowest BCUT2D eigenvalue weighted by Crippen LogP contribution is -2.00. The van der Waals surface area contributed by atoms with Crippen molar-refractivity contribution in [2.75, 3.05) is 0 Å². The SMILES string of the molecule is CCc1ccc(-c2cccc(OCc3ccc(C#N)cc3F)n2)cc1. The number of nitrogens with zero attached hydrogens (tertiary/aromatic N) is 2. The van der Waals surface area contributed by atoms with Crippen LogP contribution in [0.5, 0.6) is 5.88 Å². The van der Waals surface area contributed by atoms with Gasteiger partial charge in [0.05, 0.1) is 17.3 Å². The third-order valence-electron chi connectivity index (χ3n) is 3.94. The summed E-state index contributed by atoms with van der Waals surface area (Å²) in [5.74, 6) is -0.0220. The molecule has 124 valence electrons.